The van der Waals surface area contributed by atoms with E-state index in [4.69, 9.17) is 9.15 Å². The number of pyridine rings is 1. The van der Waals surface area contributed by atoms with E-state index < -0.39 is 0 Å². The molecule has 0 atom stereocenters. The summed E-state index contributed by atoms with van der Waals surface area (Å²) >= 11 is 0. The van der Waals surface area contributed by atoms with E-state index >= 15 is 0 Å². The van der Waals surface area contributed by atoms with Crippen LogP contribution in [0.15, 0.2) is 41.2 Å². The number of nitrogens with one attached hydrogen (secondary N) is 1. The van der Waals surface area contributed by atoms with Gasteiger partial charge in [0.25, 0.3) is 0 Å². The van der Waals surface area contributed by atoms with Crippen molar-refractivity contribution in [3.05, 3.63) is 60.0 Å². The van der Waals surface area contributed by atoms with E-state index in [0.29, 0.717) is 24.8 Å². The summed E-state index contributed by atoms with van der Waals surface area (Å²) in [6.45, 7) is 4.73. The van der Waals surface area contributed by atoms with Gasteiger partial charge in [0, 0.05) is 12.4 Å². The molecule has 0 amide bonds. The number of hydrogen-bond acceptors (Lipinski definition) is 7. The van der Waals surface area contributed by atoms with Crippen LogP contribution in [-0.2, 0) is 13.1 Å². The number of aromatic nitrogens is 5. The molecular formula is C19H20N6O2. The number of rotatable bonds is 6. The summed E-state index contributed by atoms with van der Waals surface area (Å²) in [6.07, 6.45) is 5.44. The molecular weight excluding hydrogens is 344 g/mol. The fourth-order valence-corrected chi connectivity index (χ4v) is 3.01. The first kappa shape index (κ1) is 17.0. The van der Waals surface area contributed by atoms with E-state index in [1.54, 1.807) is 19.5 Å². The highest BCUT2D eigenvalue weighted by molar-refractivity contribution is 5.86. The number of ether oxygens (including phenoxy) is 1. The van der Waals surface area contributed by atoms with Gasteiger partial charge in [0.1, 0.15) is 28.5 Å². The van der Waals surface area contributed by atoms with E-state index in [-0.39, 0.29) is 0 Å². The predicted octanol–water partition coefficient (Wildman–Crippen LogP) is 3.10. The van der Waals surface area contributed by atoms with Gasteiger partial charge >= 0.3 is 0 Å². The fourth-order valence-electron chi connectivity index (χ4n) is 3.01. The van der Waals surface area contributed by atoms with Crippen molar-refractivity contribution in [1.82, 2.24) is 24.5 Å². The van der Waals surface area contributed by atoms with Gasteiger partial charge in [-0.2, -0.15) is 0 Å². The topological polar surface area (TPSA) is 90.9 Å². The summed E-state index contributed by atoms with van der Waals surface area (Å²) in [7, 11) is 1.64. The van der Waals surface area contributed by atoms with E-state index in [9.17, 15) is 0 Å². The molecule has 0 aromatic carbocycles. The van der Waals surface area contributed by atoms with Crippen LogP contribution >= 0.6 is 0 Å². The first-order chi connectivity index (χ1) is 13.1. The molecule has 1 N–H and O–H groups in total. The van der Waals surface area contributed by atoms with Crippen LogP contribution in [0.5, 0.6) is 5.75 Å². The van der Waals surface area contributed by atoms with Crippen molar-refractivity contribution >= 4 is 16.9 Å². The van der Waals surface area contributed by atoms with Crippen LogP contribution in [0.4, 0.5) is 5.82 Å². The summed E-state index contributed by atoms with van der Waals surface area (Å²) in [5, 5.41) is 3.32. The molecule has 0 fully saturated rings. The second kappa shape index (κ2) is 7.06. The molecule has 4 rings (SSSR count). The molecule has 4 aromatic rings. The van der Waals surface area contributed by atoms with Crippen LogP contribution in [0, 0.1) is 13.8 Å². The average Bonchev–Trinajstić information content (AvgIpc) is 3.26. The molecule has 27 heavy (non-hydrogen) atoms. The zero-order valence-electron chi connectivity index (χ0n) is 15.4. The third-order valence-electron chi connectivity index (χ3n) is 4.19. The van der Waals surface area contributed by atoms with E-state index in [0.717, 1.165) is 34.1 Å². The standard InChI is InChI=1S/C19H20N6O2/c1-12-9-21-17(27-12)10-22-19-18-14(23-13(2)24-19)6-8-25(18)11-15-16(26-3)5-4-7-20-15/h4-9H,10-11H2,1-3H3,(H,22,23,24). The minimum Gasteiger partial charge on any atom is -0.495 e. The second-order valence-electron chi connectivity index (χ2n) is 6.17. The quantitative estimate of drug-likeness (QED) is 0.562. The fraction of sp³-hybridized carbons (Fsp3) is 0.263. The predicted molar refractivity (Wildman–Crippen MR) is 101 cm³/mol. The monoisotopic (exact) mass is 364 g/mol. The van der Waals surface area contributed by atoms with Gasteiger partial charge in [0.2, 0.25) is 5.89 Å². The summed E-state index contributed by atoms with van der Waals surface area (Å²) in [4.78, 5) is 17.8. The largest absolute Gasteiger partial charge is 0.495 e. The lowest BCUT2D eigenvalue weighted by Crippen LogP contribution is -2.08. The zero-order chi connectivity index (χ0) is 18.8. The highest BCUT2D eigenvalue weighted by atomic mass is 16.5. The van der Waals surface area contributed by atoms with Crippen molar-refractivity contribution < 1.29 is 9.15 Å². The Morgan fingerprint density at radius 3 is 2.85 bits per heavy atom. The van der Waals surface area contributed by atoms with Gasteiger partial charge in [-0.25, -0.2) is 15.0 Å². The molecule has 4 aromatic heterocycles. The van der Waals surface area contributed by atoms with Crippen LogP contribution in [0.3, 0.4) is 0 Å². The van der Waals surface area contributed by atoms with Gasteiger partial charge < -0.3 is 19.0 Å². The number of aryl methyl sites for hydroxylation is 2. The SMILES string of the molecule is COc1cccnc1Cn1ccc2nc(C)nc(NCc3ncc(C)o3)c21. The summed E-state index contributed by atoms with van der Waals surface area (Å²) in [5.41, 5.74) is 2.60. The van der Waals surface area contributed by atoms with Crippen LogP contribution in [-0.4, -0.2) is 31.6 Å². The molecule has 0 spiro atoms. The maximum absolute atomic E-state index is 5.53. The summed E-state index contributed by atoms with van der Waals surface area (Å²) in [5.74, 6) is 3.56. The molecule has 138 valence electrons. The molecule has 0 saturated heterocycles. The Kier molecular flexibility index (Phi) is 4.45. The van der Waals surface area contributed by atoms with Crippen LogP contribution in [0.1, 0.15) is 23.2 Å². The minimum atomic E-state index is 0.442. The molecule has 0 aliphatic rings. The van der Waals surface area contributed by atoms with Crippen molar-refractivity contribution in [2.45, 2.75) is 26.9 Å². The first-order valence-corrected chi connectivity index (χ1v) is 8.60. The average molecular weight is 364 g/mol. The Morgan fingerprint density at radius 2 is 2.07 bits per heavy atom. The smallest absolute Gasteiger partial charge is 0.213 e. The Morgan fingerprint density at radius 1 is 1.19 bits per heavy atom. The number of hydrogen-bond donors (Lipinski definition) is 1. The van der Waals surface area contributed by atoms with Crippen molar-refractivity contribution in [2.24, 2.45) is 0 Å². The lowest BCUT2D eigenvalue weighted by Gasteiger charge is -2.12. The molecule has 8 nitrogen and oxygen atoms in total. The second-order valence-corrected chi connectivity index (χ2v) is 6.17. The van der Waals surface area contributed by atoms with Gasteiger partial charge in [0.15, 0.2) is 5.82 Å². The normalized spacial score (nSPS) is 11.1. The maximum Gasteiger partial charge on any atom is 0.213 e. The molecule has 0 saturated carbocycles. The van der Waals surface area contributed by atoms with Crippen molar-refractivity contribution in [3.63, 3.8) is 0 Å². The number of methoxy groups -OCH3 is 1. The molecule has 8 heteroatoms. The summed E-state index contributed by atoms with van der Waals surface area (Å²) < 4.78 is 13.0. The zero-order valence-corrected chi connectivity index (χ0v) is 15.4. The van der Waals surface area contributed by atoms with Gasteiger partial charge in [0.05, 0.1) is 31.9 Å². The van der Waals surface area contributed by atoms with Crippen molar-refractivity contribution in [2.75, 3.05) is 12.4 Å². The van der Waals surface area contributed by atoms with Gasteiger partial charge in [-0.05, 0) is 32.0 Å². The molecule has 0 aliphatic carbocycles. The number of fused-ring (bicyclic) bond motifs is 1. The molecule has 0 aliphatic heterocycles. The van der Waals surface area contributed by atoms with Gasteiger partial charge in [-0.1, -0.05) is 0 Å². The molecule has 0 radical (unpaired) electrons. The molecule has 4 heterocycles. The summed E-state index contributed by atoms with van der Waals surface area (Å²) in [6, 6.07) is 5.73. The van der Waals surface area contributed by atoms with Crippen LogP contribution in [0.2, 0.25) is 0 Å². The van der Waals surface area contributed by atoms with Crippen LogP contribution < -0.4 is 10.1 Å². The van der Waals surface area contributed by atoms with Gasteiger partial charge in [-0.3, -0.25) is 4.98 Å². The minimum absolute atomic E-state index is 0.442. The van der Waals surface area contributed by atoms with Crippen molar-refractivity contribution in [1.29, 1.82) is 0 Å². The highest BCUT2D eigenvalue weighted by Gasteiger charge is 2.14. The Balaban J connectivity index is 1.69. The van der Waals surface area contributed by atoms with Crippen LogP contribution in [0.25, 0.3) is 11.0 Å². The Bertz CT molecular complexity index is 1080. The Hall–Kier alpha value is -3.42. The lowest BCUT2D eigenvalue weighted by molar-refractivity contribution is 0.405. The lowest BCUT2D eigenvalue weighted by atomic mass is 10.3. The number of nitrogens with zero attached hydrogens (tertiary/aromatic N) is 5. The maximum atomic E-state index is 5.53. The molecule has 0 bridgehead atoms. The number of oxazole rings is 1. The highest BCUT2D eigenvalue weighted by Crippen LogP contribution is 2.25. The van der Waals surface area contributed by atoms with Crippen molar-refractivity contribution in [3.8, 4) is 5.75 Å². The van der Waals surface area contributed by atoms with E-state index in [1.165, 1.54) is 0 Å². The third-order valence-corrected chi connectivity index (χ3v) is 4.19. The van der Waals surface area contributed by atoms with E-state index in [2.05, 4.69) is 29.8 Å². The van der Waals surface area contributed by atoms with E-state index in [1.807, 2.05) is 38.2 Å². The molecule has 0 unspecified atom stereocenters. The Labute approximate surface area is 156 Å². The third kappa shape index (κ3) is 3.46. The van der Waals surface area contributed by atoms with Gasteiger partial charge in [-0.15, -0.1) is 0 Å². The first-order valence-electron chi connectivity index (χ1n) is 8.60. The number of anilines is 1.